The summed E-state index contributed by atoms with van der Waals surface area (Å²) in [5.74, 6) is 0. The van der Waals surface area contributed by atoms with Gasteiger partial charge in [0.15, 0.2) is 0 Å². The number of hydrogen-bond donors (Lipinski definition) is 2. The molecule has 0 amide bonds. The van der Waals surface area contributed by atoms with Crippen LogP contribution >= 0.6 is 0 Å². The van der Waals surface area contributed by atoms with Gasteiger partial charge in [0, 0.05) is 6.54 Å². The molecule has 1 aromatic rings. The highest BCUT2D eigenvalue weighted by Crippen LogP contribution is 2.08. The minimum atomic E-state index is -0.433. The van der Waals surface area contributed by atoms with Crippen molar-refractivity contribution in [2.75, 3.05) is 0 Å². The third kappa shape index (κ3) is 1.80. The fourth-order valence-electron chi connectivity index (χ4n) is 0.827. The van der Waals surface area contributed by atoms with Gasteiger partial charge in [-0.25, -0.2) is 4.68 Å². The molecule has 0 spiro atoms. The molecule has 1 aromatic heterocycles. The van der Waals surface area contributed by atoms with Crippen LogP contribution in [0.1, 0.15) is 25.6 Å². The lowest BCUT2D eigenvalue weighted by atomic mass is 10.2. The van der Waals surface area contributed by atoms with E-state index in [2.05, 4.69) is 10.3 Å². The fraction of sp³-hybridized carbons (Fsp3) is 0.714. The van der Waals surface area contributed by atoms with Crippen LogP contribution in [-0.4, -0.2) is 26.2 Å². The summed E-state index contributed by atoms with van der Waals surface area (Å²) >= 11 is 0. The SMILES string of the molecule is CC(O)C(C)n1cc(CN)nn1. The van der Waals surface area contributed by atoms with E-state index in [9.17, 15) is 5.11 Å². The zero-order chi connectivity index (χ0) is 9.14. The molecule has 0 bridgehead atoms. The number of aliphatic hydroxyl groups excluding tert-OH is 1. The average Bonchev–Trinajstić information content (AvgIpc) is 2.50. The van der Waals surface area contributed by atoms with Gasteiger partial charge < -0.3 is 10.8 Å². The van der Waals surface area contributed by atoms with Gasteiger partial charge >= 0.3 is 0 Å². The molecule has 0 radical (unpaired) electrons. The van der Waals surface area contributed by atoms with E-state index in [1.807, 2.05) is 6.92 Å². The number of nitrogens with zero attached hydrogens (tertiary/aromatic N) is 3. The molecule has 0 saturated heterocycles. The molecule has 12 heavy (non-hydrogen) atoms. The van der Waals surface area contributed by atoms with Crippen molar-refractivity contribution in [3.05, 3.63) is 11.9 Å². The second kappa shape index (κ2) is 3.64. The van der Waals surface area contributed by atoms with E-state index in [4.69, 9.17) is 5.73 Å². The predicted molar refractivity (Wildman–Crippen MR) is 44.3 cm³/mol. The lowest BCUT2D eigenvalue weighted by Gasteiger charge is -2.13. The Labute approximate surface area is 71.2 Å². The number of nitrogens with two attached hydrogens (primary N) is 1. The fourth-order valence-corrected chi connectivity index (χ4v) is 0.827. The first-order chi connectivity index (χ1) is 5.65. The lowest BCUT2D eigenvalue weighted by Crippen LogP contribution is -2.18. The van der Waals surface area contributed by atoms with Gasteiger partial charge in [0.2, 0.25) is 0 Å². The number of hydrogen-bond acceptors (Lipinski definition) is 4. The largest absolute Gasteiger partial charge is 0.391 e. The molecule has 0 aliphatic rings. The minimum Gasteiger partial charge on any atom is -0.391 e. The first kappa shape index (κ1) is 9.15. The van der Waals surface area contributed by atoms with E-state index in [1.165, 1.54) is 0 Å². The molecule has 2 atom stereocenters. The van der Waals surface area contributed by atoms with Crippen LogP contribution < -0.4 is 5.73 Å². The van der Waals surface area contributed by atoms with Gasteiger partial charge in [0.05, 0.1) is 24.0 Å². The second-order valence-electron chi connectivity index (χ2n) is 2.88. The standard InChI is InChI=1S/C7H14N4O/c1-5(6(2)12)11-4-7(3-8)9-10-11/h4-6,12H,3,8H2,1-2H3. The van der Waals surface area contributed by atoms with Gasteiger partial charge in [0.25, 0.3) is 0 Å². The van der Waals surface area contributed by atoms with Crippen LogP contribution in [0.25, 0.3) is 0 Å². The maximum absolute atomic E-state index is 9.24. The Morgan fingerprint density at radius 1 is 1.67 bits per heavy atom. The Kier molecular flexibility index (Phi) is 2.78. The van der Waals surface area contributed by atoms with Gasteiger partial charge in [-0.15, -0.1) is 5.10 Å². The smallest absolute Gasteiger partial charge is 0.0962 e. The summed E-state index contributed by atoms with van der Waals surface area (Å²) in [5.41, 5.74) is 6.10. The van der Waals surface area contributed by atoms with E-state index >= 15 is 0 Å². The molecule has 1 heterocycles. The number of aromatic nitrogens is 3. The Balaban J connectivity index is 2.74. The van der Waals surface area contributed by atoms with E-state index in [-0.39, 0.29) is 6.04 Å². The van der Waals surface area contributed by atoms with E-state index in [0.717, 1.165) is 5.69 Å². The molecule has 3 N–H and O–H groups in total. The molecular formula is C7H14N4O. The summed E-state index contributed by atoms with van der Waals surface area (Å²) in [6.07, 6.45) is 1.31. The Morgan fingerprint density at radius 2 is 2.33 bits per heavy atom. The summed E-state index contributed by atoms with van der Waals surface area (Å²) in [7, 11) is 0. The molecule has 0 fully saturated rings. The van der Waals surface area contributed by atoms with Crippen molar-refractivity contribution in [1.82, 2.24) is 15.0 Å². The van der Waals surface area contributed by atoms with Crippen LogP contribution in [0.4, 0.5) is 0 Å². The zero-order valence-corrected chi connectivity index (χ0v) is 7.31. The number of rotatable bonds is 3. The molecule has 68 valence electrons. The number of aliphatic hydroxyl groups is 1. The molecule has 0 saturated carbocycles. The van der Waals surface area contributed by atoms with Crippen LogP contribution in [-0.2, 0) is 6.54 Å². The van der Waals surface area contributed by atoms with Gasteiger partial charge in [-0.3, -0.25) is 0 Å². The van der Waals surface area contributed by atoms with Crippen LogP contribution in [0.3, 0.4) is 0 Å². The van der Waals surface area contributed by atoms with Gasteiger partial charge in [-0.2, -0.15) is 0 Å². The Hall–Kier alpha value is -0.940. The zero-order valence-electron chi connectivity index (χ0n) is 7.31. The third-order valence-corrected chi connectivity index (χ3v) is 1.88. The van der Waals surface area contributed by atoms with E-state index < -0.39 is 6.10 Å². The summed E-state index contributed by atoms with van der Waals surface area (Å²) in [5, 5.41) is 16.9. The van der Waals surface area contributed by atoms with Crippen molar-refractivity contribution in [2.24, 2.45) is 5.73 Å². The van der Waals surface area contributed by atoms with Crippen LogP contribution in [0, 0.1) is 0 Å². The minimum absolute atomic E-state index is 0.0576. The molecular weight excluding hydrogens is 156 g/mol. The van der Waals surface area contributed by atoms with Crippen LogP contribution in [0.5, 0.6) is 0 Å². The lowest BCUT2D eigenvalue weighted by molar-refractivity contribution is 0.131. The maximum atomic E-state index is 9.24. The summed E-state index contributed by atoms with van der Waals surface area (Å²) in [4.78, 5) is 0. The second-order valence-corrected chi connectivity index (χ2v) is 2.88. The van der Waals surface area contributed by atoms with Crippen LogP contribution in [0.2, 0.25) is 0 Å². The summed E-state index contributed by atoms with van der Waals surface area (Å²) < 4.78 is 1.62. The van der Waals surface area contributed by atoms with Crippen molar-refractivity contribution >= 4 is 0 Å². The highest BCUT2D eigenvalue weighted by molar-refractivity contribution is 4.91. The molecule has 2 unspecified atom stereocenters. The Bertz CT molecular complexity index is 245. The van der Waals surface area contributed by atoms with Crippen molar-refractivity contribution in [2.45, 2.75) is 32.5 Å². The highest BCUT2D eigenvalue weighted by Gasteiger charge is 2.12. The summed E-state index contributed by atoms with van der Waals surface area (Å²) in [6, 6.07) is -0.0576. The van der Waals surface area contributed by atoms with Crippen molar-refractivity contribution in [3.63, 3.8) is 0 Å². The van der Waals surface area contributed by atoms with Crippen LogP contribution in [0.15, 0.2) is 6.20 Å². The van der Waals surface area contributed by atoms with E-state index in [0.29, 0.717) is 6.54 Å². The van der Waals surface area contributed by atoms with Crippen molar-refractivity contribution < 1.29 is 5.11 Å². The van der Waals surface area contributed by atoms with Gasteiger partial charge in [0.1, 0.15) is 0 Å². The first-order valence-corrected chi connectivity index (χ1v) is 3.94. The molecule has 5 nitrogen and oxygen atoms in total. The average molecular weight is 170 g/mol. The summed E-state index contributed by atoms with van der Waals surface area (Å²) in [6.45, 7) is 3.97. The predicted octanol–water partition coefficient (Wildman–Crippen LogP) is -0.321. The van der Waals surface area contributed by atoms with Crippen molar-refractivity contribution in [1.29, 1.82) is 0 Å². The maximum Gasteiger partial charge on any atom is 0.0962 e. The molecule has 0 aliphatic heterocycles. The van der Waals surface area contributed by atoms with Crippen molar-refractivity contribution in [3.8, 4) is 0 Å². The molecule has 1 rings (SSSR count). The molecule has 5 heteroatoms. The van der Waals surface area contributed by atoms with E-state index in [1.54, 1.807) is 17.8 Å². The van der Waals surface area contributed by atoms with Gasteiger partial charge in [-0.05, 0) is 13.8 Å². The highest BCUT2D eigenvalue weighted by atomic mass is 16.3. The quantitative estimate of drug-likeness (QED) is 0.651. The first-order valence-electron chi connectivity index (χ1n) is 3.94. The molecule has 0 aromatic carbocycles. The topological polar surface area (TPSA) is 77.0 Å². The molecule has 0 aliphatic carbocycles. The Morgan fingerprint density at radius 3 is 2.75 bits per heavy atom. The monoisotopic (exact) mass is 170 g/mol. The normalized spacial score (nSPS) is 16.0. The third-order valence-electron chi connectivity index (χ3n) is 1.88. The van der Waals surface area contributed by atoms with Gasteiger partial charge in [-0.1, -0.05) is 5.21 Å².